The number of piperazine rings is 1. The lowest BCUT2D eigenvalue weighted by Gasteiger charge is -2.50. The average molecular weight is 538 g/mol. The highest BCUT2D eigenvalue weighted by atomic mass is 32.2. The van der Waals surface area contributed by atoms with Gasteiger partial charge in [-0.15, -0.1) is 0 Å². The number of rotatable bonds is 7. The van der Waals surface area contributed by atoms with Crippen LogP contribution in [0.4, 0.5) is 20.3 Å². The Balaban J connectivity index is 1.30. The number of aromatic nitrogens is 1. The van der Waals surface area contributed by atoms with Crippen LogP contribution >= 0.6 is 0 Å². The van der Waals surface area contributed by atoms with Crippen molar-refractivity contribution in [1.82, 2.24) is 14.8 Å². The van der Waals surface area contributed by atoms with Crippen LogP contribution in [0.1, 0.15) is 43.9 Å². The van der Waals surface area contributed by atoms with Crippen molar-refractivity contribution in [2.75, 3.05) is 73.7 Å². The molecule has 0 atom stereocenters. The number of carbonyl (C=O) groups is 1. The third-order valence-corrected chi connectivity index (χ3v) is 10.7. The molecule has 1 amide bonds. The molecule has 11 heteroatoms. The Morgan fingerprint density at radius 2 is 1.78 bits per heavy atom. The number of alkyl halides is 2. The Morgan fingerprint density at radius 3 is 2.32 bits per heavy atom. The van der Waals surface area contributed by atoms with Crippen LogP contribution in [0.3, 0.4) is 0 Å². The summed E-state index contributed by atoms with van der Waals surface area (Å²) in [6.45, 7) is 11.3. The van der Waals surface area contributed by atoms with Crippen molar-refractivity contribution in [2.45, 2.75) is 45.1 Å². The summed E-state index contributed by atoms with van der Waals surface area (Å²) in [6, 6.07) is 2.31. The van der Waals surface area contributed by atoms with Crippen molar-refractivity contribution in [3.63, 3.8) is 0 Å². The molecule has 37 heavy (non-hydrogen) atoms. The molecule has 0 N–H and O–H groups in total. The Kier molecular flexibility index (Phi) is 7.21. The van der Waals surface area contributed by atoms with E-state index < -0.39 is 16.3 Å². The molecule has 204 valence electrons. The van der Waals surface area contributed by atoms with Gasteiger partial charge < -0.3 is 14.7 Å². The number of amides is 1. The number of hydrogen-bond acceptors (Lipinski definition) is 7. The van der Waals surface area contributed by atoms with E-state index in [4.69, 9.17) is 0 Å². The Hall–Kier alpha value is -2.27. The molecule has 0 unspecified atom stereocenters. The number of sulfone groups is 1. The van der Waals surface area contributed by atoms with Gasteiger partial charge in [0, 0.05) is 81.1 Å². The largest absolute Gasteiger partial charge is 0.368 e. The zero-order chi connectivity index (χ0) is 26.4. The van der Waals surface area contributed by atoms with E-state index in [0.717, 1.165) is 51.1 Å². The molecule has 5 heterocycles. The van der Waals surface area contributed by atoms with Gasteiger partial charge >= 0.3 is 0 Å². The number of piperidine rings is 1. The summed E-state index contributed by atoms with van der Waals surface area (Å²) in [6.07, 6.45) is 1.50. The molecule has 0 bridgehead atoms. The molecular formula is C26H37F2N5O3S. The summed E-state index contributed by atoms with van der Waals surface area (Å²) in [5, 5.41) is 0. The zero-order valence-electron chi connectivity index (χ0n) is 21.5. The highest BCUT2D eigenvalue weighted by molar-refractivity contribution is 7.92. The van der Waals surface area contributed by atoms with Gasteiger partial charge in [-0.2, -0.15) is 0 Å². The fraction of sp³-hybridized carbons (Fsp3) is 0.692. The Bertz CT molecular complexity index is 1130. The van der Waals surface area contributed by atoms with Crippen molar-refractivity contribution in [2.24, 2.45) is 5.41 Å². The van der Waals surface area contributed by atoms with Crippen LogP contribution in [0, 0.1) is 5.41 Å². The van der Waals surface area contributed by atoms with Crippen LogP contribution in [0.15, 0.2) is 18.7 Å². The number of halogens is 2. The summed E-state index contributed by atoms with van der Waals surface area (Å²) >= 11 is 0. The van der Waals surface area contributed by atoms with Gasteiger partial charge in [0.2, 0.25) is 5.91 Å². The van der Waals surface area contributed by atoms with E-state index in [-0.39, 0.29) is 28.5 Å². The number of carbonyl (C=O) groups excluding carboxylic acids is 1. The molecule has 8 nitrogen and oxygen atoms in total. The van der Waals surface area contributed by atoms with Gasteiger partial charge in [-0.25, -0.2) is 22.2 Å². The van der Waals surface area contributed by atoms with Gasteiger partial charge in [-0.3, -0.25) is 9.69 Å². The smallest absolute Gasteiger partial charge is 0.280 e. The summed E-state index contributed by atoms with van der Waals surface area (Å²) in [5.74, 6) is 1.03. The zero-order valence-corrected chi connectivity index (χ0v) is 22.4. The molecule has 4 fully saturated rings. The first-order valence-corrected chi connectivity index (χ1v) is 15.1. The lowest BCUT2D eigenvalue weighted by molar-refractivity contribution is -0.128. The van der Waals surface area contributed by atoms with Gasteiger partial charge in [-0.1, -0.05) is 19.9 Å². The third kappa shape index (κ3) is 5.21. The van der Waals surface area contributed by atoms with Gasteiger partial charge in [0.1, 0.15) is 11.5 Å². The van der Waals surface area contributed by atoms with Crippen LogP contribution in [0.2, 0.25) is 0 Å². The molecule has 1 spiro atoms. The van der Waals surface area contributed by atoms with Crippen LogP contribution < -0.4 is 9.80 Å². The van der Waals surface area contributed by atoms with Crippen molar-refractivity contribution in [3.8, 4) is 0 Å². The van der Waals surface area contributed by atoms with Crippen LogP contribution in [0.5, 0.6) is 0 Å². The first-order chi connectivity index (χ1) is 17.6. The van der Waals surface area contributed by atoms with Crippen LogP contribution in [0.25, 0.3) is 0 Å². The van der Waals surface area contributed by atoms with Gasteiger partial charge in [0.05, 0.1) is 11.5 Å². The summed E-state index contributed by atoms with van der Waals surface area (Å²) in [5.41, 5.74) is 1.22. The number of anilines is 2. The fourth-order valence-electron chi connectivity index (χ4n) is 6.40. The second-order valence-corrected chi connectivity index (χ2v) is 13.1. The average Bonchev–Trinajstić information content (AvgIpc) is 2.83. The Labute approximate surface area is 218 Å². The van der Waals surface area contributed by atoms with Crippen molar-refractivity contribution in [3.05, 3.63) is 30.0 Å². The van der Waals surface area contributed by atoms with Crippen molar-refractivity contribution < 1.29 is 22.0 Å². The molecule has 4 saturated heterocycles. The SMILES string of the molecule is C=CC(=O)N1CCN(C2CN(c3cc(N4CCC5(CC4)CS(=O)(=O)C5)nc(C(F)F)c3CCC)C2)CC1. The topological polar surface area (TPSA) is 77.1 Å². The predicted octanol–water partition coefficient (Wildman–Crippen LogP) is 2.51. The van der Waals surface area contributed by atoms with E-state index >= 15 is 0 Å². The summed E-state index contributed by atoms with van der Waals surface area (Å²) < 4.78 is 51.9. The highest BCUT2D eigenvalue weighted by Gasteiger charge is 2.49. The second kappa shape index (κ2) is 10.1. The van der Waals surface area contributed by atoms with Crippen LogP contribution in [-0.2, 0) is 21.1 Å². The number of nitrogens with zero attached hydrogens (tertiary/aromatic N) is 5. The number of hydrogen-bond donors (Lipinski definition) is 0. The highest BCUT2D eigenvalue weighted by Crippen LogP contribution is 2.44. The number of pyridine rings is 1. The molecule has 4 aliphatic rings. The lowest BCUT2D eigenvalue weighted by Crippen LogP contribution is -2.63. The van der Waals surface area contributed by atoms with E-state index in [1.165, 1.54) is 6.08 Å². The maximum absolute atomic E-state index is 14.2. The molecule has 0 saturated carbocycles. The minimum atomic E-state index is -2.91. The minimum absolute atomic E-state index is 0.0366. The molecular weight excluding hydrogens is 500 g/mol. The second-order valence-electron chi connectivity index (χ2n) is 11.1. The Morgan fingerprint density at radius 1 is 1.14 bits per heavy atom. The molecule has 1 aromatic heterocycles. The van der Waals surface area contributed by atoms with E-state index in [9.17, 15) is 22.0 Å². The van der Waals surface area contributed by atoms with Gasteiger partial charge in [0.25, 0.3) is 6.43 Å². The summed E-state index contributed by atoms with van der Waals surface area (Å²) in [7, 11) is -2.91. The predicted molar refractivity (Wildman–Crippen MR) is 140 cm³/mol. The van der Waals surface area contributed by atoms with Crippen molar-refractivity contribution >= 4 is 27.2 Å². The maximum atomic E-state index is 14.2. The van der Waals surface area contributed by atoms with Gasteiger partial charge in [0.15, 0.2) is 9.84 Å². The third-order valence-electron chi connectivity index (χ3n) is 8.55. The van der Waals surface area contributed by atoms with E-state index in [2.05, 4.69) is 26.3 Å². The normalized spacial score (nSPS) is 23.7. The lowest BCUT2D eigenvalue weighted by atomic mass is 9.81. The first-order valence-electron chi connectivity index (χ1n) is 13.3. The molecule has 0 aromatic carbocycles. The van der Waals surface area contributed by atoms with E-state index in [1.54, 1.807) is 0 Å². The standard InChI is InChI=1S/C26H37F2N5O3S/c1-3-5-20-21(33-15-19(16-33)30-10-12-32(13-11-30)23(34)4-2)14-22(29-24(20)25(27)28)31-8-6-26(7-9-31)17-37(35,36)18-26/h4,14,19,25H,2-3,5-13,15-18H2,1H3. The molecule has 0 aliphatic carbocycles. The molecule has 4 aliphatic heterocycles. The molecule has 5 rings (SSSR count). The monoisotopic (exact) mass is 537 g/mol. The van der Waals surface area contributed by atoms with Crippen molar-refractivity contribution in [1.29, 1.82) is 0 Å². The quantitative estimate of drug-likeness (QED) is 0.495. The maximum Gasteiger partial charge on any atom is 0.280 e. The first kappa shape index (κ1) is 26.3. The summed E-state index contributed by atoms with van der Waals surface area (Å²) in [4.78, 5) is 24.8. The fourth-order valence-corrected chi connectivity index (χ4v) is 8.76. The molecule has 1 aromatic rings. The van der Waals surface area contributed by atoms with Gasteiger partial charge in [-0.05, 0) is 25.3 Å². The van der Waals surface area contributed by atoms with E-state index in [0.29, 0.717) is 50.0 Å². The molecule has 0 radical (unpaired) electrons. The van der Waals surface area contributed by atoms with Crippen LogP contribution in [-0.4, -0.2) is 99.0 Å². The van der Waals surface area contributed by atoms with E-state index in [1.807, 2.05) is 17.9 Å². The minimum Gasteiger partial charge on any atom is -0.368 e.